The zero-order valence-electron chi connectivity index (χ0n) is 12.5. The number of hydrogen-bond acceptors (Lipinski definition) is 5. The van der Waals surface area contributed by atoms with Crippen LogP contribution in [0.5, 0.6) is 17.2 Å². The molecule has 0 radical (unpaired) electrons. The summed E-state index contributed by atoms with van der Waals surface area (Å²) in [6.07, 6.45) is 0. The minimum atomic E-state index is -0.346. The quantitative estimate of drug-likeness (QED) is 0.778. The van der Waals surface area contributed by atoms with Crippen LogP contribution in [0.4, 0.5) is 0 Å². The van der Waals surface area contributed by atoms with Gasteiger partial charge in [0, 0.05) is 0 Å². The highest BCUT2D eigenvalue weighted by Gasteiger charge is 2.18. The van der Waals surface area contributed by atoms with Gasteiger partial charge < -0.3 is 18.9 Å². The van der Waals surface area contributed by atoms with E-state index in [1.807, 2.05) is 6.07 Å². The van der Waals surface area contributed by atoms with Crippen molar-refractivity contribution in [3.63, 3.8) is 0 Å². The third kappa shape index (κ3) is 3.51. The lowest BCUT2D eigenvalue weighted by Crippen LogP contribution is -2.04. The van der Waals surface area contributed by atoms with E-state index in [0.29, 0.717) is 41.0 Å². The molecular weight excluding hydrogens is 320 g/mol. The van der Waals surface area contributed by atoms with Crippen molar-refractivity contribution in [2.45, 2.75) is 13.5 Å². The maximum absolute atomic E-state index is 11.6. The lowest BCUT2D eigenvalue weighted by Gasteiger charge is -2.09. The molecule has 0 bridgehead atoms. The van der Waals surface area contributed by atoms with Gasteiger partial charge in [0.25, 0.3) is 0 Å². The summed E-state index contributed by atoms with van der Waals surface area (Å²) in [5, 5.41) is 0.497. The average molecular weight is 335 g/mol. The maximum Gasteiger partial charge on any atom is 0.338 e. The molecule has 0 atom stereocenters. The van der Waals surface area contributed by atoms with Crippen LogP contribution in [-0.2, 0) is 11.3 Å². The normalized spacial score (nSPS) is 12.1. The van der Waals surface area contributed by atoms with Gasteiger partial charge in [-0.25, -0.2) is 4.79 Å². The Balaban J connectivity index is 1.64. The number of carbonyl (C=O) groups is 1. The Labute approximate surface area is 138 Å². The first kappa shape index (κ1) is 15.5. The van der Waals surface area contributed by atoms with Gasteiger partial charge in [0.05, 0.1) is 17.2 Å². The summed E-state index contributed by atoms with van der Waals surface area (Å²) in [5.74, 6) is 1.48. The van der Waals surface area contributed by atoms with Crippen LogP contribution in [0.2, 0.25) is 5.02 Å². The number of hydrogen-bond donors (Lipinski definition) is 0. The van der Waals surface area contributed by atoms with Crippen molar-refractivity contribution in [2.75, 3.05) is 13.4 Å². The summed E-state index contributed by atoms with van der Waals surface area (Å²) in [4.78, 5) is 11.6. The summed E-state index contributed by atoms with van der Waals surface area (Å²) < 4.78 is 21.2. The second kappa shape index (κ2) is 6.79. The van der Waals surface area contributed by atoms with Gasteiger partial charge in [0.2, 0.25) is 6.79 Å². The van der Waals surface area contributed by atoms with E-state index in [0.717, 1.165) is 5.56 Å². The lowest BCUT2D eigenvalue weighted by molar-refractivity contribution is 0.0526. The van der Waals surface area contributed by atoms with Gasteiger partial charge in [0.1, 0.15) is 12.4 Å². The third-order valence-electron chi connectivity index (χ3n) is 3.26. The molecule has 6 heteroatoms. The van der Waals surface area contributed by atoms with Crippen LogP contribution in [0, 0.1) is 0 Å². The highest BCUT2D eigenvalue weighted by Crippen LogP contribution is 2.39. The van der Waals surface area contributed by atoms with Crippen LogP contribution >= 0.6 is 11.6 Å². The van der Waals surface area contributed by atoms with Crippen molar-refractivity contribution in [3.05, 3.63) is 52.5 Å². The second-order valence-electron chi connectivity index (χ2n) is 4.84. The van der Waals surface area contributed by atoms with Gasteiger partial charge in [0.15, 0.2) is 11.5 Å². The van der Waals surface area contributed by atoms with E-state index in [4.69, 9.17) is 30.5 Å². The summed E-state index contributed by atoms with van der Waals surface area (Å²) in [7, 11) is 0. The highest BCUT2D eigenvalue weighted by atomic mass is 35.5. The number of ether oxygens (including phenoxy) is 4. The maximum atomic E-state index is 11.6. The Morgan fingerprint density at radius 1 is 1.22 bits per heavy atom. The van der Waals surface area contributed by atoms with Gasteiger partial charge in [-0.3, -0.25) is 0 Å². The van der Waals surface area contributed by atoms with Crippen LogP contribution in [0.25, 0.3) is 0 Å². The number of carbonyl (C=O) groups excluding carboxylic acids is 1. The molecule has 5 nitrogen and oxygen atoms in total. The topological polar surface area (TPSA) is 54.0 Å². The van der Waals surface area contributed by atoms with E-state index < -0.39 is 0 Å². The molecule has 0 aliphatic carbocycles. The molecule has 2 aromatic rings. The average Bonchev–Trinajstić information content (AvgIpc) is 3.03. The molecule has 0 spiro atoms. The van der Waals surface area contributed by atoms with E-state index in [1.165, 1.54) is 0 Å². The lowest BCUT2D eigenvalue weighted by atomic mass is 10.2. The number of halogens is 1. The number of rotatable bonds is 5. The van der Waals surface area contributed by atoms with Crippen molar-refractivity contribution in [1.29, 1.82) is 0 Å². The Hall–Kier alpha value is -2.40. The van der Waals surface area contributed by atoms with Gasteiger partial charge in [-0.2, -0.15) is 0 Å². The third-order valence-corrected chi connectivity index (χ3v) is 3.54. The predicted octanol–water partition coefficient (Wildman–Crippen LogP) is 3.82. The molecule has 0 unspecified atom stereocenters. The first-order chi connectivity index (χ1) is 11.2. The zero-order valence-corrected chi connectivity index (χ0v) is 13.3. The molecule has 120 valence electrons. The van der Waals surface area contributed by atoms with E-state index in [9.17, 15) is 4.79 Å². The summed E-state index contributed by atoms with van der Waals surface area (Å²) >= 11 is 6.13. The van der Waals surface area contributed by atoms with Crippen LogP contribution < -0.4 is 14.2 Å². The second-order valence-corrected chi connectivity index (χ2v) is 5.25. The molecule has 0 fully saturated rings. The fourth-order valence-corrected chi connectivity index (χ4v) is 2.46. The summed E-state index contributed by atoms with van der Waals surface area (Å²) in [5.41, 5.74) is 1.36. The molecule has 0 saturated carbocycles. The largest absolute Gasteiger partial charge is 0.489 e. The van der Waals surface area contributed by atoms with E-state index in [1.54, 1.807) is 37.3 Å². The summed E-state index contributed by atoms with van der Waals surface area (Å²) in [6.45, 7) is 2.62. The standard InChI is InChI=1S/C17H15ClO5/c1-2-20-17(19)12-3-5-13(6-4-12)21-9-11-7-14(18)16-15(8-11)22-10-23-16/h3-8H,2,9-10H2,1H3. The monoisotopic (exact) mass is 334 g/mol. The smallest absolute Gasteiger partial charge is 0.338 e. The van der Waals surface area contributed by atoms with Crippen molar-refractivity contribution in [3.8, 4) is 17.2 Å². The van der Waals surface area contributed by atoms with E-state index in [-0.39, 0.29) is 12.8 Å². The molecule has 0 amide bonds. The predicted molar refractivity (Wildman–Crippen MR) is 84.3 cm³/mol. The molecule has 0 N–H and O–H groups in total. The van der Waals surface area contributed by atoms with Crippen molar-refractivity contribution in [2.24, 2.45) is 0 Å². The van der Waals surface area contributed by atoms with Crippen molar-refractivity contribution in [1.82, 2.24) is 0 Å². The van der Waals surface area contributed by atoms with Crippen molar-refractivity contribution >= 4 is 17.6 Å². The molecular formula is C17H15ClO5. The molecule has 2 aromatic carbocycles. The molecule has 0 aromatic heterocycles. The molecule has 3 rings (SSSR count). The summed E-state index contributed by atoms with van der Waals surface area (Å²) in [6, 6.07) is 10.4. The highest BCUT2D eigenvalue weighted by molar-refractivity contribution is 6.32. The molecule has 1 heterocycles. The van der Waals surface area contributed by atoms with Crippen molar-refractivity contribution < 1.29 is 23.7 Å². The Bertz CT molecular complexity index is 712. The number of fused-ring (bicyclic) bond motifs is 1. The number of esters is 1. The van der Waals surface area contributed by atoms with E-state index >= 15 is 0 Å². The molecule has 0 saturated heterocycles. The van der Waals surface area contributed by atoms with Crippen LogP contribution in [0.15, 0.2) is 36.4 Å². The Kier molecular flexibility index (Phi) is 4.57. The van der Waals surface area contributed by atoms with Crippen LogP contribution in [-0.4, -0.2) is 19.4 Å². The number of benzene rings is 2. The minimum absolute atomic E-state index is 0.175. The van der Waals surface area contributed by atoms with Gasteiger partial charge in [-0.1, -0.05) is 11.6 Å². The van der Waals surface area contributed by atoms with Crippen LogP contribution in [0.1, 0.15) is 22.8 Å². The van der Waals surface area contributed by atoms with E-state index in [2.05, 4.69) is 0 Å². The fraction of sp³-hybridized carbons (Fsp3) is 0.235. The molecule has 1 aliphatic rings. The molecule has 23 heavy (non-hydrogen) atoms. The fourth-order valence-electron chi connectivity index (χ4n) is 2.17. The van der Waals surface area contributed by atoms with Gasteiger partial charge >= 0.3 is 5.97 Å². The first-order valence-corrected chi connectivity index (χ1v) is 7.53. The van der Waals surface area contributed by atoms with Gasteiger partial charge in [-0.15, -0.1) is 0 Å². The first-order valence-electron chi connectivity index (χ1n) is 7.15. The van der Waals surface area contributed by atoms with Gasteiger partial charge in [-0.05, 0) is 48.9 Å². The Morgan fingerprint density at radius 2 is 2.00 bits per heavy atom. The Morgan fingerprint density at radius 3 is 2.74 bits per heavy atom. The SMILES string of the molecule is CCOC(=O)c1ccc(OCc2cc(Cl)c3c(c2)OCO3)cc1. The zero-order chi connectivity index (χ0) is 16.2. The van der Waals surface area contributed by atoms with Crippen LogP contribution in [0.3, 0.4) is 0 Å². The minimum Gasteiger partial charge on any atom is -0.489 e. The molecule has 1 aliphatic heterocycles.